The van der Waals surface area contributed by atoms with E-state index in [1.54, 1.807) is 0 Å². The van der Waals surface area contributed by atoms with E-state index in [-0.39, 0.29) is 0 Å². The average Bonchev–Trinajstić information content (AvgIpc) is 1.83. The van der Waals surface area contributed by atoms with Crippen LogP contribution in [0.2, 0.25) is 0 Å². The first kappa shape index (κ1) is 15.4. The van der Waals surface area contributed by atoms with Gasteiger partial charge in [-0.3, -0.25) is 9.05 Å². The Balaban J connectivity index is 0. The summed E-state index contributed by atoms with van der Waals surface area (Å²) in [4.78, 5) is 41.1. The lowest BCUT2D eigenvalue weighted by Gasteiger charge is -2.03. The second kappa shape index (κ2) is 9.97. The number of carbonyl (C=O) groups is 1. The van der Waals surface area contributed by atoms with Crippen molar-refractivity contribution in [2.45, 2.75) is 0 Å². The molecule has 0 aromatic carbocycles. The molecule has 13 heavy (non-hydrogen) atoms. The smallest absolute Gasteiger partial charge is 0.329 e. The molecule has 0 spiro atoms. The largest absolute Gasteiger partial charge is 0.352 e. The summed E-state index contributed by atoms with van der Waals surface area (Å²) in [6, 6.07) is -0.833. The van der Waals surface area contributed by atoms with Gasteiger partial charge in [-0.1, -0.05) is 0 Å². The number of hydrogen-bond acceptors (Lipinski definition) is 7. The summed E-state index contributed by atoms with van der Waals surface area (Å²) in [7, 11) is -4.94. The fraction of sp³-hybridized carbons (Fsp3) is 0.500. The van der Waals surface area contributed by atoms with E-state index in [9.17, 15) is 0 Å². The molecular formula is C2H10N2O7P2. The molecule has 0 aliphatic heterocycles. The van der Waals surface area contributed by atoms with Crippen LogP contribution in [0.15, 0.2) is 0 Å². The molecule has 0 fully saturated rings. The molecule has 11 heteroatoms. The fourth-order valence-electron chi connectivity index (χ4n) is 0.118. The molecule has 0 atom stereocenters. The minimum atomic E-state index is -2.47. The lowest BCUT2D eigenvalue weighted by molar-refractivity contribution is 0.0921. The maximum absolute atomic E-state index is 9.00. The minimum Gasteiger partial charge on any atom is -0.352 e. The Morgan fingerprint density at radius 1 is 1.08 bits per heavy atom. The molecule has 0 unspecified atom stereocenters. The van der Waals surface area contributed by atoms with E-state index >= 15 is 0 Å². The van der Waals surface area contributed by atoms with Crippen LogP contribution in [0.4, 0.5) is 4.79 Å². The molecule has 0 saturated heterocycles. The van der Waals surface area contributed by atoms with Crippen molar-refractivity contribution in [2.75, 3.05) is 6.79 Å². The summed E-state index contributed by atoms with van der Waals surface area (Å²) in [5.74, 6) is 0. The summed E-state index contributed by atoms with van der Waals surface area (Å²) < 4.78 is 8.01. The van der Waals surface area contributed by atoms with Gasteiger partial charge in [0.1, 0.15) is 0 Å². The van der Waals surface area contributed by atoms with Crippen molar-refractivity contribution in [3.8, 4) is 0 Å². The molecule has 0 aliphatic rings. The number of rotatable bonds is 4. The van der Waals surface area contributed by atoms with Gasteiger partial charge in [-0.15, -0.1) is 0 Å². The number of nitrogens with two attached hydrogens (primary N) is 2. The van der Waals surface area contributed by atoms with E-state index in [0.717, 1.165) is 0 Å². The Kier molecular flexibility index (Phi) is 11.8. The van der Waals surface area contributed by atoms with Crippen LogP contribution in [-0.4, -0.2) is 32.4 Å². The second-order valence-corrected chi connectivity index (χ2v) is 2.81. The molecule has 0 bridgehead atoms. The summed E-state index contributed by atoms with van der Waals surface area (Å²) in [6.07, 6.45) is 0. The third-order valence-electron chi connectivity index (χ3n) is 0.336. The van der Waals surface area contributed by atoms with E-state index in [1.165, 1.54) is 0 Å². The van der Waals surface area contributed by atoms with Gasteiger partial charge in [0.25, 0.3) is 0 Å². The monoisotopic (exact) mass is 236 g/mol. The van der Waals surface area contributed by atoms with Gasteiger partial charge >= 0.3 is 23.2 Å². The van der Waals surface area contributed by atoms with E-state index in [0.29, 0.717) is 0 Å². The van der Waals surface area contributed by atoms with Gasteiger partial charge in [-0.05, 0) is 0 Å². The summed E-state index contributed by atoms with van der Waals surface area (Å²) in [6.45, 7) is -0.530. The van der Waals surface area contributed by atoms with E-state index < -0.39 is 30.0 Å². The van der Waals surface area contributed by atoms with Gasteiger partial charge < -0.3 is 31.0 Å². The van der Waals surface area contributed by atoms with Crippen molar-refractivity contribution >= 4 is 23.2 Å². The highest BCUT2D eigenvalue weighted by molar-refractivity contribution is 7.40. The highest BCUT2D eigenvalue weighted by Gasteiger charge is 2.01. The van der Waals surface area contributed by atoms with Crippen molar-refractivity contribution in [1.82, 2.24) is 0 Å². The Hall–Kier alpha value is -0.110. The van der Waals surface area contributed by atoms with Gasteiger partial charge in [0.2, 0.25) is 0 Å². The molecule has 8 N–H and O–H groups in total. The molecule has 0 radical (unpaired) electrons. The Bertz CT molecular complexity index is 120. The molecule has 0 aliphatic carbocycles. The molecule has 0 aromatic rings. The maximum Gasteiger partial charge on any atom is 0.329 e. The quantitative estimate of drug-likeness (QED) is 0.253. The van der Waals surface area contributed by atoms with Crippen LogP contribution in [0.1, 0.15) is 0 Å². The summed E-state index contributed by atoms with van der Waals surface area (Å²) in [5, 5.41) is 0. The van der Waals surface area contributed by atoms with Gasteiger partial charge in [-0.2, -0.15) is 0 Å². The Morgan fingerprint density at radius 3 is 1.46 bits per heavy atom. The highest BCUT2D eigenvalue weighted by Crippen LogP contribution is 2.29. The van der Waals surface area contributed by atoms with Crippen molar-refractivity contribution in [3.63, 3.8) is 0 Å². The third kappa shape index (κ3) is 33.5. The van der Waals surface area contributed by atoms with Gasteiger partial charge in [0, 0.05) is 0 Å². The summed E-state index contributed by atoms with van der Waals surface area (Å²) in [5.41, 5.74) is 8.50. The molecule has 9 nitrogen and oxygen atoms in total. The van der Waals surface area contributed by atoms with Crippen LogP contribution in [0.3, 0.4) is 0 Å². The standard InChI is InChI=1S/CH4N2O.CH6O6P2/c2-1(3)4;2-8(3)6-1-7-9(4)5/h(H4,2,3,4);2-5H,1H2. The zero-order valence-corrected chi connectivity index (χ0v) is 8.06. The van der Waals surface area contributed by atoms with Crippen LogP contribution in [0.5, 0.6) is 0 Å². The van der Waals surface area contributed by atoms with Crippen LogP contribution in [-0.2, 0) is 9.05 Å². The third-order valence-corrected chi connectivity index (χ3v) is 1.01. The topological polar surface area (TPSA) is 168 Å². The molecule has 80 valence electrons. The number of carbonyl (C=O) groups excluding carboxylic acids is 1. The zero-order chi connectivity index (χ0) is 10.9. The molecule has 0 heterocycles. The van der Waals surface area contributed by atoms with Crippen LogP contribution in [0.25, 0.3) is 0 Å². The maximum atomic E-state index is 9.00. The Labute approximate surface area is 75.9 Å². The first-order valence-electron chi connectivity index (χ1n) is 2.52. The normalized spacial score (nSPS) is 9.69. The Morgan fingerprint density at radius 2 is 1.31 bits per heavy atom. The number of amides is 2. The first-order valence-corrected chi connectivity index (χ1v) is 4.85. The van der Waals surface area contributed by atoms with Crippen LogP contribution in [0, 0.1) is 0 Å². The van der Waals surface area contributed by atoms with Crippen LogP contribution >= 0.6 is 17.2 Å². The number of urea groups is 1. The predicted molar refractivity (Wildman–Crippen MR) is 43.5 cm³/mol. The number of primary amides is 2. The molecule has 0 aromatic heterocycles. The average molecular weight is 236 g/mol. The molecule has 2 amide bonds. The van der Waals surface area contributed by atoms with Gasteiger partial charge in [-0.25, -0.2) is 4.79 Å². The van der Waals surface area contributed by atoms with Gasteiger partial charge in [0.05, 0.1) is 0 Å². The van der Waals surface area contributed by atoms with E-state index in [4.69, 9.17) is 24.4 Å². The van der Waals surface area contributed by atoms with Gasteiger partial charge in [0.15, 0.2) is 6.79 Å². The van der Waals surface area contributed by atoms with Crippen molar-refractivity contribution in [2.24, 2.45) is 11.5 Å². The molecular weight excluding hydrogens is 226 g/mol. The van der Waals surface area contributed by atoms with E-state index in [2.05, 4.69) is 20.5 Å². The fourth-order valence-corrected chi connectivity index (χ4v) is 0.495. The lowest BCUT2D eigenvalue weighted by Crippen LogP contribution is -2.18. The van der Waals surface area contributed by atoms with Crippen molar-refractivity contribution in [3.05, 3.63) is 0 Å². The van der Waals surface area contributed by atoms with Crippen LogP contribution < -0.4 is 11.5 Å². The lowest BCUT2D eigenvalue weighted by atomic mass is 11.2. The zero-order valence-electron chi connectivity index (χ0n) is 6.27. The van der Waals surface area contributed by atoms with Crippen molar-refractivity contribution < 1.29 is 33.4 Å². The minimum absolute atomic E-state index is 0.530. The number of hydrogen-bond donors (Lipinski definition) is 6. The molecule has 0 rings (SSSR count). The SMILES string of the molecule is NC(N)=O.OP(O)OCOP(O)O. The highest BCUT2D eigenvalue weighted by atomic mass is 31.2. The molecule has 0 saturated carbocycles. The van der Waals surface area contributed by atoms with Crippen molar-refractivity contribution in [1.29, 1.82) is 0 Å². The second-order valence-electron chi connectivity index (χ2n) is 1.28. The first-order chi connectivity index (χ1) is 5.86. The van der Waals surface area contributed by atoms with E-state index in [1.807, 2.05) is 0 Å². The summed E-state index contributed by atoms with van der Waals surface area (Å²) >= 11 is 0. The predicted octanol–water partition coefficient (Wildman–Crippen LogP) is -1.58.